The number of nitrogens with one attached hydrogen (secondary N) is 1. The lowest BCUT2D eigenvalue weighted by molar-refractivity contribution is -0.116. The molecule has 7 heteroatoms. The quantitative estimate of drug-likeness (QED) is 0.238. The summed E-state index contributed by atoms with van der Waals surface area (Å²) in [5.41, 5.74) is 0. The van der Waals surface area contributed by atoms with Gasteiger partial charge in [-0.2, -0.15) is 0 Å². The van der Waals surface area contributed by atoms with Crippen molar-refractivity contribution in [2.45, 2.75) is 24.4 Å². The second-order valence-corrected chi connectivity index (χ2v) is 2.80. The fourth-order valence-corrected chi connectivity index (χ4v) is 0.920. The van der Waals surface area contributed by atoms with Crippen LogP contribution in [0.15, 0.2) is 0 Å². The van der Waals surface area contributed by atoms with E-state index in [2.05, 4.69) is 5.32 Å². The topological polar surface area (TPSA) is 130 Å². The van der Waals surface area contributed by atoms with E-state index in [0.717, 1.165) is 0 Å². The Bertz CT molecular complexity index is 166. The first-order valence-electron chi connectivity index (χ1n) is 4.04. The second kappa shape index (κ2) is 6.68. The predicted octanol–water partition coefficient (Wildman–Crippen LogP) is -3.83. The molecule has 84 valence electrons. The van der Waals surface area contributed by atoms with Gasteiger partial charge in [0.05, 0.1) is 19.3 Å². The van der Waals surface area contributed by atoms with Crippen molar-refractivity contribution in [3.8, 4) is 0 Å². The molecule has 0 aromatic rings. The van der Waals surface area contributed by atoms with Gasteiger partial charge in [0.1, 0.15) is 18.3 Å². The van der Waals surface area contributed by atoms with E-state index in [0.29, 0.717) is 0 Å². The van der Waals surface area contributed by atoms with Gasteiger partial charge in [0.25, 0.3) is 0 Å². The minimum Gasteiger partial charge on any atom is -0.394 e. The fraction of sp³-hybridized carbons (Fsp3) is 0.857. The number of amides is 1. The normalized spacial score (nSPS) is 19.5. The van der Waals surface area contributed by atoms with Crippen LogP contribution in [0.1, 0.15) is 0 Å². The highest BCUT2D eigenvalue weighted by molar-refractivity contribution is 5.46. The highest BCUT2D eigenvalue weighted by atomic mass is 16.4. The number of rotatable bonds is 7. The molecule has 0 aliphatic heterocycles. The molecule has 1 amide bonds. The summed E-state index contributed by atoms with van der Waals surface area (Å²) in [4.78, 5) is 10.0. The lowest BCUT2D eigenvalue weighted by atomic mass is 10.0. The third-order valence-corrected chi connectivity index (χ3v) is 1.82. The van der Waals surface area contributed by atoms with Gasteiger partial charge in [0.2, 0.25) is 6.41 Å². The molecule has 0 spiro atoms. The Morgan fingerprint density at radius 1 is 1.07 bits per heavy atom. The maximum Gasteiger partial charge on any atom is 0.207 e. The minimum atomic E-state index is -1.63. The summed E-state index contributed by atoms with van der Waals surface area (Å²) in [7, 11) is 0. The molecule has 6 N–H and O–H groups in total. The monoisotopic (exact) mass is 209 g/mol. The standard InChI is InChI=1S/C7H15NO6/c9-1-4(8-3-11)6(13)7(14)5(12)2-10/h3-7,9-10,12-14H,1-2H2,(H,8,11). The Hall–Kier alpha value is -0.730. The number of hydrogen-bond acceptors (Lipinski definition) is 6. The van der Waals surface area contributed by atoms with Crippen molar-refractivity contribution in [1.29, 1.82) is 0 Å². The smallest absolute Gasteiger partial charge is 0.207 e. The van der Waals surface area contributed by atoms with E-state index in [1.54, 1.807) is 0 Å². The van der Waals surface area contributed by atoms with E-state index in [1.807, 2.05) is 0 Å². The third-order valence-electron chi connectivity index (χ3n) is 1.82. The average molecular weight is 209 g/mol. The van der Waals surface area contributed by atoms with Gasteiger partial charge in [-0.1, -0.05) is 0 Å². The first-order valence-corrected chi connectivity index (χ1v) is 4.04. The first-order chi connectivity index (χ1) is 6.58. The Balaban J connectivity index is 4.24. The van der Waals surface area contributed by atoms with Crippen LogP contribution in [-0.2, 0) is 4.79 Å². The Labute approximate surface area is 80.6 Å². The van der Waals surface area contributed by atoms with Crippen LogP contribution in [-0.4, -0.2) is 69.5 Å². The van der Waals surface area contributed by atoms with Gasteiger partial charge < -0.3 is 30.8 Å². The van der Waals surface area contributed by atoms with Gasteiger partial charge in [0, 0.05) is 0 Å². The Kier molecular flexibility index (Phi) is 6.34. The molecule has 0 radical (unpaired) electrons. The first kappa shape index (κ1) is 13.3. The maximum absolute atomic E-state index is 10.0. The Morgan fingerprint density at radius 3 is 2.00 bits per heavy atom. The lowest BCUT2D eigenvalue weighted by Gasteiger charge is -2.27. The van der Waals surface area contributed by atoms with Gasteiger partial charge in [-0.3, -0.25) is 4.79 Å². The van der Waals surface area contributed by atoms with E-state index >= 15 is 0 Å². The zero-order chi connectivity index (χ0) is 11.1. The molecule has 4 atom stereocenters. The molecular weight excluding hydrogens is 194 g/mol. The molecule has 0 heterocycles. The molecule has 0 aliphatic rings. The molecule has 0 aromatic carbocycles. The summed E-state index contributed by atoms with van der Waals surface area (Å²) in [6.07, 6.45) is -4.45. The summed E-state index contributed by atoms with van der Waals surface area (Å²) >= 11 is 0. The van der Waals surface area contributed by atoms with Crippen LogP contribution in [0.5, 0.6) is 0 Å². The molecule has 0 aromatic heterocycles. The van der Waals surface area contributed by atoms with Gasteiger partial charge in [0.15, 0.2) is 0 Å². The largest absolute Gasteiger partial charge is 0.394 e. The minimum absolute atomic E-state index is 0.252. The van der Waals surface area contributed by atoms with Crippen molar-refractivity contribution in [1.82, 2.24) is 5.32 Å². The van der Waals surface area contributed by atoms with E-state index in [4.69, 9.17) is 15.3 Å². The van der Waals surface area contributed by atoms with Gasteiger partial charge >= 0.3 is 0 Å². The van der Waals surface area contributed by atoms with Crippen molar-refractivity contribution in [3.63, 3.8) is 0 Å². The van der Waals surface area contributed by atoms with Gasteiger partial charge in [-0.25, -0.2) is 0 Å². The number of carbonyl (C=O) groups excluding carboxylic acids is 1. The molecule has 0 bridgehead atoms. The van der Waals surface area contributed by atoms with Crippen LogP contribution in [0, 0.1) is 0 Å². The van der Waals surface area contributed by atoms with Crippen LogP contribution >= 0.6 is 0 Å². The average Bonchev–Trinajstić information content (AvgIpc) is 2.22. The van der Waals surface area contributed by atoms with E-state index in [1.165, 1.54) is 0 Å². The molecule has 4 unspecified atom stereocenters. The third kappa shape index (κ3) is 3.56. The van der Waals surface area contributed by atoms with Crippen LogP contribution in [0.25, 0.3) is 0 Å². The zero-order valence-corrected chi connectivity index (χ0v) is 7.45. The molecule has 0 rings (SSSR count). The molecule has 7 nitrogen and oxygen atoms in total. The van der Waals surface area contributed by atoms with E-state index in [-0.39, 0.29) is 6.41 Å². The molecule has 14 heavy (non-hydrogen) atoms. The second-order valence-electron chi connectivity index (χ2n) is 2.80. The van der Waals surface area contributed by atoms with E-state index < -0.39 is 37.6 Å². The number of hydrogen-bond donors (Lipinski definition) is 6. The summed E-state index contributed by atoms with van der Waals surface area (Å²) in [6, 6.07) is -1.08. The van der Waals surface area contributed by atoms with Crippen molar-refractivity contribution in [3.05, 3.63) is 0 Å². The molecule has 0 saturated heterocycles. The number of carbonyl (C=O) groups is 1. The van der Waals surface area contributed by atoms with E-state index in [9.17, 15) is 15.0 Å². The SMILES string of the molecule is O=CNC(CO)C(O)C(O)C(O)CO. The predicted molar refractivity (Wildman–Crippen MR) is 45.2 cm³/mol. The highest BCUT2D eigenvalue weighted by Crippen LogP contribution is 2.04. The molecule has 0 saturated carbocycles. The van der Waals surface area contributed by atoms with Crippen molar-refractivity contribution >= 4 is 6.41 Å². The maximum atomic E-state index is 10.0. The van der Waals surface area contributed by atoms with Crippen LogP contribution in [0.4, 0.5) is 0 Å². The highest BCUT2D eigenvalue weighted by Gasteiger charge is 2.30. The van der Waals surface area contributed by atoms with Crippen LogP contribution in [0.2, 0.25) is 0 Å². The van der Waals surface area contributed by atoms with Crippen LogP contribution in [0.3, 0.4) is 0 Å². The number of aliphatic hydroxyl groups excluding tert-OH is 5. The number of aliphatic hydroxyl groups is 5. The van der Waals surface area contributed by atoms with Crippen molar-refractivity contribution in [2.24, 2.45) is 0 Å². The summed E-state index contributed by atoms with van der Waals surface area (Å²) in [5, 5.41) is 46.7. The van der Waals surface area contributed by atoms with Crippen molar-refractivity contribution in [2.75, 3.05) is 13.2 Å². The summed E-state index contributed by atoms with van der Waals surface area (Å²) < 4.78 is 0. The van der Waals surface area contributed by atoms with Crippen molar-refractivity contribution < 1.29 is 30.3 Å². The summed E-state index contributed by atoms with van der Waals surface area (Å²) in [6.45, 7) is -1.31. The molecular formula is C7H15NO6. The van der Waals surface area contributed by atoms with Gasteiger partial charge in [-0.05, 0) is 0 Å². The Morgan fingerprint density at radius 2 is 1.64 bits per heavy atom. The molecule has 0 fully saturated rings. The summed E-state index contributed by atoms with van der Waals surface area (Å²) in [5.74, 6) is 0. The zero-order valence-electron chi connectivity index (χ0n) is 7.45. The lowest BCUT2D eigenvalue weighted by Crippen LogP contribution is -2.52. The molecule has 0 aliphatic carbocycles. The van der Waals surface area contributed by atoms with Crippen LogP contribution < -0.4 is 5.32 Å². The van der Waals surface area contributed by atoms with Gasteiger partial charge in [-0.15, -0.1) is 0 Å². The fourth-order valence-electron chi connectivity index (χ4n) is 0.920.